The highest BCUT2D eigenvalue weighted by Gasteiger charge is 2.38. The van der Waals surface area contributed by atoms with Gasteiger partial charge >= 0.3 is 0 Å². The average Bonchev–Trinajstić information content (AvgIpc) is 2.77. The Bertz CT molecular complexity index is 805. The summed E-state index contributed by atoms with van der Waals surface area (Å²) in [4.78, 5) is 7.13. The van der Waals surface area contributed by atoms with Gasteiger partial charge in [0.15, 0.2) is 5.96 Å². The highest BCUT2D eigenvalue weighted by molar-refractivity contribution is 14.0. The molecule has 0 bridgehead atoms. The van der Waals surface area contributed by atoms with E-state index in [-0.39, 0.29) is 34.4 Å². The number of benzene rings is 1. The predicted molar refractivity (Wildman–Crippen MR) is 135 cm³/mol. The maximum absolute atomic E-state index is 11.4. The van der Waals surface area contributed by atoms with Gasteiger partial charge in [0.05, 0.1) is 18.1 Å². The first-order chi connectivity index (χ1) is 14.4. The topological polar surface area (TPSA) is 109 Å². The zero-order valence-electron chi connectivity index (χ0n) is 18.3. The molecule has 0 spiro atoms. The number of aliphatic imine (C=N–C) groups is 1. The number of ether oxygens (including phenoxy) is 1. The summed E-state index contributed by atoms with van der Waals surface area (Å²) >= 11 is 0. The highest BCUT2D eigenvalue weighted by atomic mass is 127. The maximum Gasteiger partial charge on any atom is 0.238 e. The number of nitrogens with zero attached hydrogens (tertiary/aromatic N) is 2. The molecule has 8 nitrogen and oxygen atoms in total. The molecule has 1 saturated heterocycles. The smallest absolute Gasteiger partial charge is 0.238 e. The average molecular weight is 566 g/mol. The molecule has 2 aliphatic rings. The summed E-state index contributed by atoms with van der Waals surface area (Å²) in [6, 6.07) is 6.69. The Labute approximate surface area is 203 Å². The number of nitrogens with two attached hydrogens (primary N) is 1. The highest BCUT2D eigenvalue weighted by Crippen LogP contribution is 2.33. The lowest BCUT2D eigenvalue weighted by Crippen LogP contribution is -2.60. The third-order valence-corrected chi connectivity index (χ3v) is 7.16. The van der Waals surface area contributed by atoms with Crippen LogP contribution in [0.4, 0.5) is 0 Å². The molecule has 176 valence electrons. The number of morpholine rings is 1. The second kappa shape index (κ2) is 12.3. The molecule has 1 heterocycles. The molecule has 1 aliphatic heterocycles. The van der Waals surface area contributed by atoms with Crippen molar-refractivity contribution in [3.8, 4) is 0 Å². The molecule has 0 radical (unpaired) electrons. The van der Waals surface area contributed by atoms with Gasteiger partial charge in [0, 0.05) is 38.8 Å². The van der Waals surface area contributed by atoms with Gasteiger partial charge in [-0.2, -0.15) is 0 Å². The van der Waals surface area contributed by atoms with Crippen LogP contribution in [0, 0.1) is 0 Å². The Morgan fingerprint density at radius 2 is 1.77 bits per heavy atom. The normalized spacial score (nSPS) is 20.0. The van der Waals surface area contributed by atoms with Crippen molar-refractivity contribution in [1.82, 2.24) is 15.5 Å². The van der Waals surface area contributed by atoms with Gasteiger partial charge in [-0.1, -0.05) is 31.4 Å². The van der Waals surface area contributed by atoms with Crippen LogP contribution in [0.25, 0.3) is 0 Å². The van der Waals surface area contributed by atoms with Crippen molar-refractivity contribution in [3.05, 3.63) is 29.8 Å². The van der Waals surface area contributed by atoms with Crippen molar-refractivity contribution in [3.63, 3.8) is 0 Å². The number of hydrogen-bond acceptors (Lipinski definition) is 5. The summed E-state index contributed by atoms with van der Waals surface area (Å²) in [7, 11) is -1.86. The molecule has 4 N–H and O–H groups in total. The number of rotatable bonds is 7. The van der Waals surface area contributed by atoms with Gasteiger partial charge in [-0.3, -0.25) is 9.89 Å². The third kappa shape index (κ3) is 7.55. The van der Waals surface area contributed by atoms with Crippen molar-refractivity contribution < 1.29 is 13.2 Å². The van der Waals surface area contributed by atoms with Crippen LogP contribution in [0.1, 0.15) is 37.7 Å². The summed E-state index contributed by atoms with van der Waals surface area (Å²) in [6.07, 6.45) is 7.07. The van der Waals surface area contributed by atoms with Gasteiger partial charge in [-0.25, -0.2) is 13.6 Å². The molecule has 1 aliphatic carbocycles. The molecule has 0 aromatic heterocycles. The number of guanidine groups is 1. The minimum Gasteiger partial charge on any atom is -0.379 e. The van der Waals surface area contributed by atoms with E-state index in [1.807, 2.05) is 0 Å². The van der Waals surface area contributed by atoms with E-state index in [4.69, 9.17) is 9.88 Å². The van der Waals surface area contributed by atoms with E-state index in [9.17, 15) is 8.42 Å². The Morgan fingerprint density at radius 3 is 2.35 bits per heavy atom. The minimum atomic E-state index is -3.65. The molecular formula is C21H36IN5O3S. The molecule has 2 fully saturated rings. The number of sulfonamides is 1. The fourth-order valence-corrected chi connectivity index (χ4v) is 5.01. The molecule has 10 heteroatoms. The minimum absolute atomic E-state index is 0. The summed E-state index contributed by atoms with van der Waals surface area (Å²) < 4.78 is 28.3. The summed E-state index contributed by atoms with van der Waals surface area (Å²) in [5, 5.41) is 12.1. The van der Waals surface area contributed by atoms with E-state index in [1.54, 1.807) is 31.3 Å². The van der Waals surface area contributed by atoms with Crippen molar-refractivity contribution in [2.24, 2.45) is 10.1 Å². The molecule has 0 amide bonds. The van der Waals surface area contributed by atoms with Crippen LogP contribution in [0.3, 0.4) is 0 Å². The Hall–Kier alpha value is -0.950. The van der Waals surface area contributed by atoms with Crippen LogP contribution in [0.15, 0.2) is 34.2 Å². The van der Waals surface area contributed by atoms with Crippen LogP contribution >= 0.6 is 24.0 Å². The van der Waals surface area contributed by atoms with Crippen LogP contribution < -0.4 is 15.8 Å². The quantitative estimate of drug-likeness (QED) is 0.264. The molecule has 31 heavy (non-hydrogen) atoms. The molecule has 1 saturated carbocycles. The van der Waals surface area contributed by atoms with Gasteiger partial charge < -0.3 is 15.4 Å². The Kier molecular flexibility index (Phi) is 10.5. The standard InChI is InChI=1S/C21H35N5O3S.HI/c1-23-20(24-12-9-18-5-7-19(8-6-18)30(22,27)28)25-17-21(10-3-2-4-11-21)26-13-15-29-16-14-26;/h5-8H,2-4,9-17H2,1H3,(H2,22,27,28)(H2,23,24,25);1H. The molecule has 0 atom stereocenters. The molecule has 1 aromatic rings. The fraction of sp³-hybridized carbons (Fsp3) is 0.667. The van der Waals surface area contributed by atoms with E-state index in [0.29, 0.717) is 6.54 Å². The number of primary sulfonamides is 1. The van der Waals surface area contributed by atoms with E-state index < -0.39 is 10.0 Å². The van der Waals surface area contributed by atoms with Gasteiger partial charge in [-0.05, 0) is 37.0 Å². The number of nitrogens with one attached hydrogen (secondary N) is 2. The Morgan fingerprint density at radius 1 is 1.13 bits per heavy atom. The van der Waals surface area contributed by atoms with E-state index >= 15 is 0 Å². The van der Waals surface area contributed by atoms with Gasteiger partial charge in [0.25, 0.3) is 0 Å². The first kappa shape index (κ1) is 26.3. The monoisotopic (exact) mass is 565 g/mol. The van der Waals surface area contributed by atoms with Crippen LogP contribution in [0.5, 0.6) is 0 Å². The molecular weight excluding hydrogens is 529 g/mol. The Balaban J connectivity index is 0.00000341. The van der Waals surface area contributed by atoms with Crippen LogP contribution in [0.2, 0.25) is 0 Å². The second-order valence-corrected chi connectivity index (χ2v) is 9.74. The first-order valence-electron chi connectivity index (χ1n) is 10.8. The van der Waals surface area contributed by atoms with Gasteiger partial charge in [-0.15, -0.1) is 24.0 Å². The summed E-state index contributed by atoms with van der Waals surface area (Å²) in [5.41, 5.74) is 1.23. The summed E-state index contributed by atoms with van der Waals surface area (Å²) in [5.74, 6) is 0.800. The second-order valence-electron chi connectivity index (χ2n) is 8.18. The van der Waals surface area contributed by atoms with E-state index in [1.165, 1.54) is 32.1 Å². The van der Waals surface area contributed by atoms with Crippen molar-refractivity contribution in [1.29, 1.82) is 0 Å². The molecule has 0 unspecified atom stereocenters. The lowest BCUT2D eigenvalue weighted by atomic mass is 9.80. The van der Waals surface area contributed by atoms with E-state index in [0.717, 1.165) is 50.8 Å². The summed E-state index contributed by atoms with van der Waals surface area (Å²) in [6.45, 7) is 5.23. The largest absolute Gasteiger partial charge is 0.379 e. The molecule has 3 rings (SSSR count). The van der Waals surface area contributed by atoms with E-state index in [2.05, 4.69) is 20.5 Å². The molecule has 1 aromatic carbocycles. The van der Waals surface area contributed by atoms with Gasteiger partial charge in [0.1, 0.15) is 0 Å². The van der Waals surface area contributed by atoms with Crippen LogP contribution in [-0.4, -0.2) is 71.3 Å². The van der Waals surface area contributed by atoms with Crippen molar-refractivity contribution in [2.45, 2.75) is 49.0 Å². The fourth-order valence-electron chi connectivity index (χ4n) is 4.49. The van der Waals surface area contributed by atoms with Crippen molar-refractivity contribution in [2.75, 3.05) is 46.4 Å². The van der Waals surface area contributed by atoms with Crippen molar-refractivity contribution >= 4 is 40.0 Å². The zero-order chi connectivity index (χ0) is 21.5. The first-order valence-corrected chi connectivity index (χ1v) is 12.4. The number of hydrogen-bond donors (Lipinski definition) is 3. The van der Waals surface area contributed by atoms with Crippen LogP contribution in [-0.2, 0) is 21.2 Å². The number of halogens is 1. The predicted octanol–water partition coefficient (Wildman–Crippen LogP) is 1.69. The SMILES string of the molecule is CN=C(NCCc1ccc(S(N)(=O)=O)cc1)NCC1(N2CCOCC2)CCCCC1.I. The van der Waals surface area contributed by atoms with Gasteiger partial charge in [0.2, 0.25) is 10.0 Å². The maximum atomic E-state index is 11.4. The zero-order valence-corrected chi connectivity index (χ0v) is 21.5. The third-order valence-electron chi connectivity index (χ3n) is 6.23. The lowest BCUT2D eigenvalue weighted by molar-refractivity contribution is -0.0352. The lowest BCUT2D eigenvalue weighted by Gasteiger charge is -2.48.